The zero-order valence-electron chi connectivity index (χ0n) is 38.2. The molecule has 0 bridgehead atoms. The van der Waals surface area contributed by atoms with E-state index in [1.54, 1.807) is 0 Å². The molecule has 5 atom stereocenters. The SMILES string of the molecule is O=c1[nH]c(=O)n(C2CC(O)C(COP(=O)(O)OP(=O)(O)OP(=O)(O)O)O2)cc1C#CCNS(=O)(=O)c1ccc(C2=c3cc4c5c(c3Oc3c2cc2c6c3CCCN6CCC2)CCC[N+]=5CCC4)c(S(=O)(=O)[O-])c1. The van der Waals surface area contributed by atoms with E-state index in [1.807, 2.05) is 17.1 Å². The molecule has 1 aromatic heterocycles. The monoisotopic (exact) mass is 1110 g/mol. The predicted molar refractivity (Wildman–Crippen MR) is 252 cm³/mol. The maximum Gasteiger partial charge on any atom is 0.490 e. The molecule has 25 nitrogen and oxygen atoms in total. The molecule has 3 aromatic carbocycles. The van der Waals surface area contributed by atoms with Crippen LogP contribution < -0.4 is 40.8 Å². The van der Waals surface area contributed by atoms with Gasteiger partial charge in [-0.3, -0.25) is 18.9 Å². The highest BCUT2D eigenvalue weighted by molar-refractivity contribution is 7.89. The van der Waals surface area contributed by atoms with E-state index in [0.717, 1.165) is 128 Å². The first kappa shape index (κ1) is 51.8. The molecule has 0 spiro atoms. The summed E-state index contributed by atoms with van der Waals surface area (Å²) in [6, 6.07) is 7.38. The second kappa shape index (κ2) is 19.2. The number of aliphatic hydroxyl groups is 1. The van der Waals surface area contributed by atoms with Crippen LogP contribution >= 0.6 is 23.5 Å². The van der Waals surface area contributed by atoms with Crippen LogP contribution in [-0.2, 0) is 77.4 Å². The number of nitrogens with one attached hydrogen (secondary N) is 2. The molecule has 7 heterocycles. The van der Waals surface area contributed by atoms with Gasteiger partial charge in [-0.05, 0) is 68.4 Å². The number of aromatic nitrogens is 2. The fourth-order valence-corrected chi connectivity index (χ4v) is 15.3. The Morgan fingerprint density at radius 1 is 0.877 bits per heavy atom. The average Bonchev–Trinajstić information content (AvgIpc) is 3.68. The third-order valence-electron chi connectivity index (χ3n) is 13.4. The minimum absolute atomic E-state index is 0.0181. The van der Waals surface area contributed by atoms with Crippen molar-refractivity contribution in [2.45, 2.75) is 86.0 Å². The molecule has 0 amide bonds. The molecule has 1 saturated heterocycles. The van der Waals surface area contributed by atoms with Gasteiger partial charge >= 0.3 is 29.2 Å². The van der Waals surface area contributed by atoms with Crippen molar-refractivity contribution in [3.8, 4) is 23.3 Å². The first-order valence-corrected chi connectivity index (χ1v) is 30.3. The molecule has 0 radical (unpaired) electrons. The molecule has 0 saturated carbocycles. The molecule has 5 unspecified atom stereocenters. The van der Waals surface area contributed by atoms with Crippen LogP contribution in [0.1, 0.15) is 77.3 Å². The Kier molecular flexibility index (Phi) is 13.6. The van der Waals surface area contributed by atoms with Crippen molar-refractivity contribution in [3.05, 3.63) is 107 Å². The smallest absolute Gasteiger partial charge is 0.490 e. The zero-order valence-corrected chi connectivity index (χ0v) is 42.5. The molecule has 30 heteroatoms. The zero-order chi connectivity index (χ0) is 52.0. The van der Waals surface area contributed by atoms with Crippen LogP contribution in [0, 0.1) is 11.8 Å². The lowest BCUT2D eigenvalue weighted by Crippen LogP contribution is -2.45. The van der Waals surface area contributed by atoms with Gasteiger partial charge in [-0.25, -0.2) is 39.9 Å². The Labute approximate surface area is 415 Å². The maximum absolute atomic E-state index is 13.8. The fourth-order valence-electron chi connectivity index (χ4n) is 10.5. The Bertz CT molecular complexity index is 3730. The fraction of sp³-hybridized carbons (Fsp3) is 0.419. The number of aliphatic hydroxyl groups excluding tert-OH is 1. The van der Waals surface area contributed by atoms with Gasteiger partial charge in [-0.15, -0.1) is 0 Å². The van der Waals surface area contributed by atoms with E-state index in [2.05, 4.69) is 39.2 Å². The number of H-pyrrole nitrogens is 1. The van der Waals surface area contributed by atoms with Gasteiger partial charge in [0.1, 0.15) is 52.6 Å². The summed E-state index contributed by atoms with van der Waals surface area (Å²) in [7, 11) is -27.1. The minimum Gasteiger partial charge on any atom is -0.744 e. The molecular weight excluding hydrogens is 1060 g/mol. The second-order valence-corrected chi connectivity index (χ2v) is 25.6. The van der Waals surface area contributed by atoms with E-state index in [-0.39, 0.29) is 5.56 Å². The van der Waals surface area contributed by atoms with Crippen molar-refractivity contribution < 1.29 is 82.4 Å². The summed E-state index contributed by atoms with van der Waals surface area (Å²) in [5.41, 5.74) is 3.94. The Hall–Kier alpha value is -4.68. The number of phosphoric acid groups is 3. The molecule has 1 fully saturated rings. The van der Waals surface area contributed by atoms with Gasteiger partial charge in [0.25, 0.3) is 5.56 Å². The van der Waals surface area contributed by atoms with Gasteiger partial charge in [0, 0.05) is 77.3 Å². The average molecular weight is 1110 g/mol. The summed E-state index contributed by atoms with van der Waals surface area (Å²) >= 11 is 0. The lowest BCUT2D eigenvalue weighted by Gasteiger charge is -2.39. The van der Waals surface area contributed by atoms with E-state index in [4.69, 9.17) is 19.3 Å². The summed E-state index contributed by atoms with van der Waals surface area (Å²) in [6.45, 7) is 1.87. The molecular formula is C43H46N5O20P3S2. The largest absolute Gasteiger partial charge is 0.744 e. The molecule has 0 aliphatic carbocycles. The lowest BCUT2D eigenvalue weighted by molar-refractivity contribution is -0.0450. The number of rotatable bonds is 13. The normalized spacial score (nSPS) is 21.9. The molecule has 390 valence electrons. The first-order valence-electron chi connectivity index (χ1n) is 22.9. The third-order valence-corrected chi connectivity index (χ3v) is 19.4. The summed E-state index contributed by atoms with van der Waals surface area (Å²) in [6.07, 6.45) is 2.67. The summed E-state index contributed by atoms with van der Waals surface area (Å²) in [5, 5.41) is 12.3. The standard InChI is InChI=1S/C43H46N5O20P3S2/c49-33-21-36(65-34(33)23-64-70(55,56)68-71(57,58)67-69(52,53)54)48-22-26(42(50)45-43(48)51)6-1-13-44-72(59,60)27-11-12-28(35(20-27)73(61,62)63)37-31-18-24-7-2-14-46-16-4-9-29(38(24)46)40(31)66-41-30-10-5-17-47-15-3-8-25(39(30)47)19-32(37)41/h11-12,18-20,22,33-34,36,44,49H,2-5,7-10,13-17,21,23H2,(H5-,45,50,51,52,53,54,55,56,57,58,61,62,63). The number of hydrogen-bond acceptors (Lipinski definition) is 17. The summed E-state index contributed by atoms with van der Waals surface area (Å²) < 4.78 is 132. The van der Waals surface area contributed by atoms with Crippen LogP contribution in [0.4, 0.5) is 5.69 Å². The Morgan fingerprint density at radius 2 is 1.59 bits per heavy atom. The summed E-state index contributed by atoms with van der Waals surface area (Å²) in [4.78, 5) is 65.2. The van der Waals surface area contributed by atoms with Crippen molar-refractivity contribution in [3.63, 3.8) is 0 Å². The van der Waals surface area contributed by atoms with Crippen molar-refractivity contribution in [1.29, 1.82) is 0 Å². The van der Waals surface area contributed by atoms with Gasteiger partial charge < -0.3 is 43.6 Å². The van der Waals surface area contributed by atoms with Crippen molar-refractivity contribution >= 4 is 54.9 Å². The van der Waals surface area contributed by atoms with Crippen LogP contribution in [0.2, 0.25) is 0 Å². The van der Waals surface area contributed by atoms with Crippen molar-refractivity contribution in [1.82, 2.24) is 18.8 Å². The van der Waals surface area contributed by atoms with E-state index >= 15 is 0 Å². The van der Waals surface area contributed by atoms with Crippen LogP contribution in [-0.4, -0.2) is 107 Å². The number of anilines is 1. The number of ether oxygens (including phenoxy) is 2. The Balaban J connectivity index is 0.929. The number of hydrogen-bond donors (Lipinski definition) is 7. The van der Waals surface area contributed by atoms with E-state index in [0.29, 0.717) is 27.9 Å². The van der Waals surface area contributed by atoms with Gasteiger partial charge in [0.15, 0.2) is 0 Å². The number of fused-ring (bicyclic) bond motifs is 4. The number of benzene rings is 3. The van der Waals surface area contributed by atoms with E-state index in [9.17, 15) is 59.6 Å². The van der Waals surface area contributed by atoms with Gasteiger partial charge in [-0.1, -0.05) is 17.9 Å². The maximum atomic E-state index is 13.8. The van der Waals surface area contributed by atoms with Crippen LogP contribution in [0.3, 0.4) is 0 Å². The van der Waals surface area contributed by atoms with Crippen LogP contribution in [0.5, 0.6) is 11.5 Å². The van der Waals surface area contributed by atoms with Crippen molar-refractivity contribution in [2.75, 3.05) is 44.2 Å². The molecule has 73 heavy (non-hydrogen) atoms. The highest BCUT2D eigenvalue weighted by Crippen LogP contribution is 2.66. The predicted octanol–water partition coefficient (Wildman–Crippen LogP) is 0.198. The molecule has 4 aromatic rings. The third kappa shape index (κ3) is 10.4. The van der Waals surface area contributed by atoms with E-state index in [1.165, 1.54) is 12.1 Å². The lowest BCUT2D eigenvalue weighted by atomic mass is 9.82. The molecule has 6 aliphatic heterocycles. The van der Waals surface area contributed by atoms with Crippen molar-refractivity contribution in [2.24, 2.45) is 0 Å². The number of aryl methyl sites for hydroxylation is 2. The molecule has 10 rings (SSSR count). The number of phosphoric ester groups is 1. The highest BCUT2D eigenvalue weighted by atomic mass is 32.2. The van der Waals surface area contributed by atoms with Gasteiger partial charge in [0.2, 0.25) is 15.4 Å². The molecule has 7 N–H and O–H groups in total. The summed E-state index contributed by atoms with van der Waals surface area (Å²) in [5.74, 6) is 6.06. The van der Waals surface area contributed by atoms with E-state index < -0.39 is 108 Å². The number of nitrogens with zero attached hydrogens (tertiary/aromatic N) is 3. The van der Waals surface area contributed by atoms with Crippen LogP contribution in [0.25, 0.3) is 5.57 Å². The quantitative estimate of drug-likeness (QED) is 0.0358. The molecule has 6 aliphatic rings. The number of aromatic amines is 1. The Morgan fingerprint density at radius 3 is 2.33 bits per heavy atom. The topological polar surface area (TPSA) is 363 Å². The van der Waals surface area contributed by atoms with Gasteiger partial charge in [-0.2, -0.15) is 13.3 Å². The minimum atomic E-state index is -5.84. The van der Waals surface area contributed by atoms with Gasteiger partial charge in [0.05, 0.1) is 34.6 Å². The number of sulfonamides is 1. The van der Waals surface area contributed by atoms with Crippen LogP contribution in [0.15, 0.2) is 55.9 Å². The second-order valence-electron chi connectivity index (χ2n) is 18.1. The first-order chi connectivity index (χ1) is 34.4. The highest BCUT2D eigenvalue weighted by Gasteiger charge is 2.43.